The summed E-state index contributed by atoms with van der Waals surface area (Å²) in [7, 11) is 0. The van der Waals surface area contributed by atoms with E-state index >= 15 is 0 Å². The Morgan fingerprint density at radius 2 is 2.40 bits per heavy atom. The predicted molar refractivity (Wildman–Crippen MR) is 61.0 cm³/mol. The summed E-state index contributed by atoms with van der Waals surface area (Å²) >= 11 is 1.90. The molecule has 0 saturated carbocycles. The van der Waals surface area contributed by atoms with Crippen LogP contribution in [0.1, 0.15) is 19.8 Å². The standard InChI is InChI=1S/C10H18N2O2S/c1-7-6-11-4-3-10(7)12-8(9(13)14)2-5-15-10/h7-8,11-12H,2-6H2,1H3,(H,13,14). The van der Waals surface area contributed by atoms with Crippen molar-refractivity contribution in [2.45, 2.75) is 30.7 Å². The molecule has 5 heteroatoms. The average molecular weight is 230 g/mol. The molecule has 4 nitrogen and oxygen atoms in total. The van der Waals surface area contributed by atoms with Crippen LogP contribution in [0.5, 0.6) is 0 Å². The highest BCUT2D eigenvalue weighted by molar-refractivity contribution is 8.00. The van der Waals surface area contributed by atoms with E-state index in [-0.39, 0.29) is 10.9 Å². The summed E-state index contributed by atoms with van der Waals surface area (Å²) in [6, 6.07) is -0.355. The molecule has 15 heavy (non-hydrogen) atoms. The van der Waals surface area contributed by atoms with Crippen LogP contribution in [0.2, 0.25) is 0 Å². The highest BCUT2D eigenvalue weighted by Gasteiger charge is 2.43. The maximum atomic E-state index is 11.0. The zero-order chi connectivity index (χ0) is 10.9. The summed E-state index contributed by atoms with van der Waals surface area (Å²) in [5.74, 6) is 0.729. The Morgan fingerprint density at radius 1 is 1.60 bits per heavy atom. The smallest absolute Gasteiger partial charge is 0.320 e. The van der Waals surface area contributed by atoms with E-state index in [9.17, 15) is 4.79 Å². The van der Waals surface area contributed by atoms with Crippen molar-refractivity contribution in [2.24, 2.45) is 5.92 Å². The second kappa shape index (κ2) is 4.31. The molecular weight excluding hydrogens is 212 g/mol. The molecule has 3 atom stereocenters. The topological polar surface area (TPSA) is 61.4 Å². The Morgan fingerprint density at radius 3 is 3.07 bits per heavy atom. The van der Waals surface area contributed by atoms with Gasteiger partial charge < -0.3 is 10.4 Å². The van der Waals surface area contributed by atoms with E-state index in [1.165, 1.54) is 0 Å². The summed E-state index contributed by atoms with van der Waals surface area (Å²) in [5.41, 5.74) is 0. The van der Waals surface area contributed by atoms with E-state index in [2.05, 4.69) is 17.6 Å². The number of hydrogen-bond donors (Lipinski definition) is 3. The fourth-order valence-electron chi connectivity index (χ4n) is 2.39. The molecule has 2 rings (SSSR count). The van der Waals surface area contributed by atoms with Crippen molar-refractivity contribution in [2.75, 3.05) is 18.8 Å². The Bertz CT molecular complexity index is 258. The van der Waals surface area contributed by atoms with Crippen molar-refractivity contribution in [3.63, 3.8) is 0 Å². The summed E-state index contributed by atoms with van der Waals surface area (Å²) in [4.78, 5) is 11.0. The van der Waals surface area contributed by atoms with Crippen LogP contribution >= 0.6 is 11.8 Å². The average Bonchev–Trinajstić information content (AvgIpc) is 2.23. The van der Waals surface area contributed by atoms with Crippen LogP contribution in [-0.4, -0.2) is 40.8 Å². The Kier molecular flexibility index (Phi) is 3.23. The maximum absolute atomic E-state index is 11.0. The lowest BCUT2D eigenvalue weighted by Gasteiger charge is -2.47. The van der Waals surface area contributed by atoms with Gasteiger partial charge in [0, 0.05) is 6.54 Å². The lowest BCUT2D eigenvalue weighted by Crippen LogP contribution is -2.62. The molecular formula is C10H18N2O2S. The second-order valence-electron chi connectivity index (χ2n) is 4.42. The van der Waals surface area contributed by atoms with Crippen LogP contribution in [0.3, 0.4) is 0 Å². The van der Waals surface area contributed by atoms with Crippen LogP contribution in [0, 0.1) is 5.92 Å². The highest BCUT2D eigenvalue weighted by atomic mass is 32.2. The van der Waals surface area contributed by atoms with Crippen molar-refractivity contribution in [3.8, 4) is 0 Å². The zero-order valence-electron chi connectivity index (χ0n) is 8.95. The minimum Gasteiger partial charge on any atom is -0.480 e. The van der Waals surface area contributed by atoms with Gasteiger partial charge in [-0.1, -0.05) is 6.92 Å². The minimum atomic E-state index is -0.708. The second-order valence-corrected chi connectivity index (χ2v) is 5.84. The molecule has 2 fully saturated rings. The number of carboxylic acids is 1. The molecule has 2 aliphatic heterocycles. The number of thioether (sulfide) groups is 1. The van der Waals surface area contributed by atoms with E-state index in [4.69, 9.17) is 5.11 Å². The molecule has 0 radical (unpaired) electrons. The summed E-state index contributed by atoms with van der Waals surface area (Å²) in [5, 5.41) is 15.7. The van der Waals surface area contributed by atoms with Crippen LogP contribution in [0.4, 0.5) is 0 Å². The van der Waals surface area contributed by atoms with Crippen molar-refractivity contribution in [3.05, 3.63) is 0 Å². The number of aliphatic carboxylic acids is 1. The zero-order valence-corrected chi connectivity index (χ0v) is 9.77. The minimum absolute atomic E-state index is 0.00738. The molecule has 3 unspecified atom stereocenters. The molecule has 1 spiro atoms. The number of carboxylic acid groups (broad SMARTS) is 1. The van der Waals surface area contributed by atoms with Crippen molar-refractivity contribution in [1.29, 1.82) is 0 Å². The van der Waals surface area contributed by atoms with Gasteiger partial charge in [-0.3, -0.25) is 10.1 Å². The lowest BCUT2D eigenvalue weighted by atomic mass is 9.93. The van der Waals surface area contributed by atoms with E-state index in [0.29, 0.717) is 5.92 Å². The molecule has 2 saturated heterocycles. The van der Waals surface area contributed by atoms with Gasteiger partial charge in [0.25, 0.3) is 0 Å². The summed E-state index contributed by atoms with van der Waals surface area (Å²) < 4.78 is 0. The molecule has 0 aliphatic carbocycles. The number of piperidine rings is 1. The van der Waals surface area contributed by atoms with Gasteiger partial charge in [0.1, 0.15) is 6.04 Å². The van der Waals surface area contributed by atoms with Gasteiger partial charge in [-0.05, 0) is 31.1 Å². The van der Waals surface area contributed by atoms with Gasteiger partial charge in [-0.25, -0.2) is 0 Å². The van der Waals surface area contributed by atoms with Gasteiger partial charge in [-0.15, -0.1) is 11.8 Å². The third-order valence-corrected chi connectivity index (χ3v) is 5.08. The van der Waals surface area contributed by atoms with Gasteiger partial charge in [-0.2, -0.15) is 0 Å². The van der Waals surface area contributed by atoms with Gasteiger partial charge >= 0.3 is 5.97 Å². The predicted octanol–water partition coefficient (Wildman–Crippen LogP) is 0.492. The van der Waals surface area contributed by atoms with E-state index in [1.807, 2.05) is 11.8 Å². The van der Waals surface area contributed by atoms with E-state index in [1.54, 1.807) is 0 Å². The van der Waals surface area contributed by atoms with Crippen molar-refractivity contribution < 1.29 is 9.90 Å². The molecule has 0 aromatic heterocycles. The van der Waals surface area contributed by atoms with Crippen LogP contribution < -0.4 is 10.6 Å². The van der Waals surface area contributed by atoms with Crippen LogP contribution in [0.15, 0.2) is 0 Å². The van der Waals surface area contributed by atoms with Gasteiger partial charge in [0.05, 0.1) is 4.87 Å². The molecule has 2 aliphatic rings. The third kappa shape index (κ3) is 2.14. The van der Waals surface area contributed by atoms with Crippen molar-refractivity contribution >= 4 is 17.7 Å². The first-order valence-electron chi connectivity index (χ1n) is 5.49. The monoisotopic (exact) mass is 230 g/mol. The first-order chi connectivity index (χ1) is 7.14. The highest BCUT2D eigenvalue weighted by Crippen LogP contribution is 2.39. The number of nitrogens with one attached hydrogen (secondary N) is 2. The molecule has 3 N–H and O–H groups in total. The van der Waals surface area contributed by atoms with Gasteiger partial charge in [0.2, 0.25) is 0 Å². The fraction of sp³-hybridized carbons (Fsp3) is 0.900. The van der Waals surface area contributed by atoms with E-state index in [0.717, 1.165) is 31.7 Å². The SMILES string of the molecule is CC1CNCCC12NC(C(=O)O)CCS2. The molecule has 0 aromatic carbocycles. The Balaban J connectivity index is 2.09. The maximum Gasteiger partial charge on any atom is 0.320 e. The van der Waals surface area contributed by atoms with Crippen LogP contribution in [0.25, 0.3) is 0 Å². The van der Waals surface area contributed by atoms with Crippen molar-refractivity contribution in [1.82, 2.24) is 10.6 Å². The largest absolute Gasteiger partial charge is 0.480 e. The molecule has 0 bridgehead atoms. The molecule has 2 heterocycles. The Hall–Kier alpha value is -0.260. The summed E-state index contributed by atoms with van der Waals surface area (Å²) in [6.07, 6.45) is 1.75. The fourth-order valence-corrected chi connectivity index (χ4v) is 3.94. The molecule has 0 aromatic rings. The molecule has 0 amide bonds. The van der Waals surface area contributed by atoms with Gasteiger partial charge in [0.15, 0.2) is 0 Å². The lowest BCUT2D eigenvalue weighted by molar-refractivity contribution is -0.140. The van der Waals surface area contributed by atoms with E-state index < -0.39 is 5.97 Å². The van der Waals surface area contributed by atoms with Crippen LogP contribution in [-0.2, 0) is 4.79 Å². The first kappa shape index (κ1) is 11.2. The summed E-state index contributed by atoms with van der Waals surface area (Å²) in [6.45, 7) is 4.15. The Labute approximate surface area is 94.2 Å². The number of hydrogen-bond acceptors (Lipinski definition) is 4. The normalized spacial score (nSPS) is 41.7. The number of carbonyl (C=O) groups is 1. The first-order valence-corrected chi connectivity index (χ1v) is 6.48. The quantitative estimate of drug-likeness (QED) is 0.612. The third-order valence-electron chi connectivity index (χ3n) is 3.40. The number of rotatable bonds is 1. The molecule has 86 valence electrons.